The van der Waals surface area contributed by atoms with Gasteiger partial charge in [-0.15, -0.1) is 0 Å². The first-order valence-corrected chi connectivity index (χ1v) is 10.4. The molecule has 0 radical (unpaired) electrons. The van der Waals surface area contributed by atoms with Crippen LogP contribution in [-0.2, 0) is 4.79 Å². The van der Waals surface area contributed by atoms with Crippen molar-refractivity contribution in [2.75, 3.05) is 30.9 Å². The lowest BCUT2D eigenvalue weighted by Gasteiger charge is -2.25. The Hall–Kier alpha value is -3.40. The number of aliphatic hydroxyl groups excluding tert-OH is 1. The predicted octanol–water partition coefficient (Wildman–Crippen LogP) is 2.66. The van der Waals surface area contributed by atoms with Crippen LogP contribution in [-0.4, -0.2) is 61.8 Å². The summed E-state index contributed by atoms with van der Waals surface area (Å²) in [6, 6.07) is 3.73. The van der Waals surface area contributed by atoms with E-state index in [9.17, 15) is 4.79 Å². The lowest BCUT2D eigenvalue weighted by molar-refractivity contribution is -0.115. The number of hydrogen-bond donors (Lipinski definition) is 3. The van der Waals surface area contributed by atoms with Crippen molar-refractivity contribution in [1.29, 1.82) is 0 Å². The summed E-state index contributed by atoms with van der Waals surface area (Å²) in [5, 5.41) is 16.3. The summed E-state index contributed by atoms with van der Waals surface area (Å²) in [6.07, 6.45) is 13.8. The van der Waals surface area contributed by atoms with Crippen molar-refractivity contribution in [3.8, 4) is 22.8 Å². The molecule has 1 fully saturated rings. The molecule has 0 aromatic carbocycles. The number of aromatic nitrogens is 6. The van der Waals surface area contributed by atoms with E-state index in [0.717, 1.165) is 12.7 Å². The molecule has 1 amide bonds. The first-order valence-electron chi connectivity index (χ1n) is 10.4. The zero-order chi connectivity index (χ0) is 22.1. The van der Waals surface area contributed by atoms with Crippen LogP contribution in [0.1, 0.15) is 38.5 Å². The Balaban J connectivity index is 0.000000291. The number of hydrogen-bond acceptors (Lipinski definition) is 8. The molecule has 4 heterocycles. The molecule has 1 aliphatic carbocycles. The fraction of sp³-hybridized carbons (Fsp3) is 0.429. The zero-order valence-electron chi connectivity index (χ0n) is 17.9. The number of aliphatic hydroxyl groups is 1. The maximum Gasteiger partial charge on any atom is 0.245 e. The molecular formula is C21H28N8O2. The van der Waals surface area contributed by atoms with Gasteiger partial charge in [-0.05, 0) is 12.1 Å². The number of fused-ring (bicyclic) bond motifs is 1. The van der Waals surface area contributed by atoms with Crippen LogP contribution in [0.2, 0.25) is 0 Å². The van der Waals surface area contributed by atoms with Gasteiger partial charge in [0.1, 0.15) is 12.0 Å². The van der Waals surface area contributed by atoms with E-state index in [1.165, 1.54) is 44.9 Å². The molecule has 0 unspecified atom stereocenters. The minimum absolute atomic E-state index is 0.0971. The minimum atomic E-state index is -0.0971. The normalized spacial score (nSPS) is 14.9. The fourth-order valence-corrected chi connectivity index (χ4v) is 3.41. The number of amides is 1. The Morgan fingerprint density at radius 2 is 1.65 bits per heavy atom. The van der Waals surface area contributed by atoms with Crippen molar-refractivity contribution in [2.24, 2.45) is 0 Å². The van der Waals surface area contributed by atoms with Gasteiger partial charge in [-0.2, -0.15) is 5.10 Å². The Morgan fingerprint density at radius 1 is 0.935 bits per heavy atom. The van der Waals surface area contributed by atoms with Crippen molar-refractivity contribution in [1.82, 2.24) is 30.1 Å². The number of H-pyrrole nitrogens is 1. The molecule has 0 spiro atoms. The lowest BCUT2D eigenvalue weighted by atomic mass is 10.0. The molecule has 164 valence electrons. The van der Waals surface area contributed by atoms with Crippen LogP contribution in [0.3, 0.4) is 0 Å². The molecule has 3 N–H and O–H groups in total. The minimum Gasteiger partial charge on any atom is -0.400 e. The van der Waals surface area contributed by atoms with Crippen molar-refractivity contribution < 1.29 is 9.90 Å². The molecule has 1 aliphatic heterocycles. The van der Waals surface area contributed by atoms with Crippen LogP contribution in [0.25, 0.3) is 22.8 Å². The van der Waals surface area contributed by atoms with Gasteiger partial charge in [0.2, 0.25) is 5.91 Å². The van der Waals surface area contributed by atoms with E-state index in [4.69, 9.17) is 5.11 Å². The Morgan fingerprint density at radius 3 is 2.23 bits per heavy atom. The lowest BCUT2D eigenvalue weighted by Crippen LogP contribution is -2.36. The first kappa shape index (κ1) is 22.3. The third-order valence-corrected chi connectivity index (χ3v) is 4.97. The van der Waals surface area contributed by atoms with Gasteiger partial charge in [-0.3, -0.25) is 14.9 Å². The van der Waals surface area contributed by atoms with Crippen molar-refractivity contribution in [3.63, 3.8) is 0 Å². The summed E-state index contributed by atoms with van der Waals surface area (Å²) in [6.45, 7) is 0.258. The largest absolute Gasteiger partial charge is 0.400 e. The topological polar surface area (TPSA) is 133 Å². The number of anilines is 2. The highest BCUT2D eigenvalue weighted by molar-refractivity contribution is 5.99. The van der Waals surface area contributed by atoms with Crippen LogP contribution >= 0.6 is 0 Å². The molecule has 5 rings (SSSR count). The van der Waals surface area contributed by atoms with E-state index in [2.05, 4.69) is 35.5 Å². The molecule has 31 heavy (non-hydrogen) atoms. The third-order valence-electron chi connectivity index (χ3n) is 4.97. The summed E-state index contributed by atoms with van der Waals surface area (Å²) in [5.74, 6) is 1.62. The number of carbonyl (C=O) groups excluding carboxylic acids is 1. The Kier molecular flexibility index (Phi) is 7.99. The van der Waals surface area contributed by atoms with E-state index < -0.39 is 0 Å². The number of pyridine rings is 1. The van der Waals surface area contributed by atoms with Crippen LogP contribution < -0.4 is 10.2 Å². The van der Waals surface area contributed by atoms with Gasteiger partial charge in [0.15, 0.2) is 17.5 Å². The molecule has 10 nitrogen and oxygen atoms in total. The quantitative estimate of drug-likeness (QED) is 0.572. The van der Waals surface area contributed by atoms with Crippen molar-refractivity contribution >= 4 is 17.5 Å². The van der Waals surface area contributed by atoms with E-state index in [1.54, 1.807) is 24.3 Å². The average Bonchev–Trinajstić information content (AvgIpc) is 3.37. The van der Waals surface area contributed by atoms with Crippen LogP contribution in [0.4, 0.5) is 11.6 Å². The second-order valence-electron chi connectivity index (χ2n) is 7.22. The maximum atomic E-state index is 11.5. The monoisotopic (exact) mass is 424 g/mol. The molecule has 10 heteroatoms. The summed E-state index contributed by atoms with van der Waals surface area (Å²) in [4.78, 5) is 30.5. The molecule has 0 bridgehead atoms. The van der Waals surface area contributed by atoms with E-state index in [0.29, 0.717) is 28.8 Å². The summed E-state index contributed by atoms with van der Waals surface area (Å²) >= 11 is 0. The van der Waals surface area contributed by atoms with Gasteiger partial charge in [-0.1, -0.05) is 38.5 Å². The third kappa shape index (κ3) is 5.82. The van der Waals surface area contributed by atoms with E-state index in [1.807, 2.05) is 12.1 Å². The van der Waals surface area contributed by atoms with Gasteiger partial charge < -0.3 is 15.3 Å². The van der Waals surface area contributed by atoms with Gasteiger partial charge in [0, 0.05) is 25.9 Å². The van der Waals surface area contributed by atoms with Gasteiger partial charge in [-0.25, -0.2) is 15.0 Å². The smallest absolute Gasteiger partial charge is 0.245 e. The summed E-state index contributed by atoms with van der Waals surface area (Å²) in [7, 11) is 2.81. The highest BCUT2D eigenvalue weighted by Crippen LogP contribution is 2.27. The molecule has 2 aliphatic rings. The zero-order valence-corrected chi connectivity index (χ0v) is 17.9. The molecule has 3 aromatic rings. The average molecular weight is 425 g/mol. The molecule has 0 atom stereocenters. The number of likely N-dealkylation sites (N-methyl/N-ethyl adjacent to an activating group) is 1. The van der Waals surface area contributed by atoms with Gasteiger partial charge >= 0.3 is 0 Å². The van der Waals surface area contributed by atoms with Crippen LogP contribution in [0.15, 0.2) is 30.9 Å². The van der Waals surface area contributed by atoms with Gasteiger partial charge in [0.05, 0.1) is 18.4 Å². The number of rotatable bonds is 2. The first-order chi connectivity index (χ1) is 15.2. The molecular weight excluding hydrogens is 396 g/mol. The second kappa shape index (κ2) is 11.1. The number of aromatic amines is 1. The standard InChI is InChI=1S/C14H12N8O.C6H12.CH4O/c1-22-6-11(23)20-13-14(22)19-10(5-16-13)8-2-3-9(15-4-8)12-17-7-18-21-12;1-2-4-6-5-3-1;1-2/h2-5,7H,6H2,1H3,(H,16,20,23)(H,17,18,21);1-6H2;2H,1H3. The number of nitrogens with zero attached hydrogens (tertiary/aromatic N) is 6. The summed E-state index contributed by atoms with van der Waals surface area (Å²) < 4.78 is 0. The molecule has 0 saturated heterocycles. The Labute approximate surface area is 181 Å². The predicted molar refractivity (Wildman–Crippen MR) is 118 cm³/mol. The maximum absolute atomic E-state index is 11.5. The SMILES string of the molecule is C1CCCCC1.CN1CC(=O)Nc2ncc(-c3ccc(-c4ncn[nH]4)nc3)nc21.CO. The molecule has 3 aromatic heterocycles. The number of carbonyl (C=O) groups is 1. The highest BCUT2D eigenvalue weighted by atomic mass is 16.2. The second-order valence-corrected chi connectivity index (χ2v) is 7.22. The van der Waals surface area contributed by atoms with Gasteiger partial charge in [0.25, 0.3) is 0 Å². The highest BCUT2D eigenvalue weighted by Gasteiger charge is 2.22. The van der Waals surface area contributed by atoms with Crippen molar-refractivity contribution in [2.45, 2.75) is 38.5 Å². The van der Waals surface area contributed by atoms with Crippen LogP contribution in [0, 0.1) is 0 Å². The molecule has 1 saturated carbocycles. The van der Waals surface area contributed by atoms with Crippen LogP contribution in [0.5, 0.6) is 0 Å². The van der Waals surface area contributed by atoms with Crippen molar-refractivity contribution in [3.05, 3.63) is 30.9 Å². The van der Waals surface area contributed by atoms with E-state index in [-0.39, 0.29) is 12.5 Å². The summed E-state index contributed by atoms with van der Waals surface area (Å²) in [5.41, 5.74) is 2.21. The van der Waals surface area contributed by atoms with E-state index >= 15 is 0 Å². The Bertz CT molecular complexity index is 945. The number of nitrogens with one attached hydrogen (secondary N) is 2. The fourth-order valence-electron chi connectivity index (χ4n) is 3.41.